The molecule has 0 aliphatic carbocycles. The van der Waals surface area contributed by atoms with Gasteiger partial charge in [0.25, 0.3) is 0 Å². The Kier molecular flexibility index (Phi) is 5.59. The molecule has 0 aliphatic heterocycles. The average molecular weight is 350 g/mol. The first-order chi connectivity index (χ1) is 12.7. The van der Waals surface area contributed by atoms with Crippen molar-refractivity contribution < 1.29 is 14.3 Å². The first kappa shape index (κ1) is 17.6. The Balaban J connectivity index is 1.58. The molecule has 26 heavy (non-hydrogen) atoms. The maximum Gasteiger partial charge on any atom is 0.244 e. The molecule has 0 spiro atoms. The van der Waals surface area contributed by atoms with Gasteiger partial charge in [-0.3, -0.25) is 4.79 Å². The number of benzene rings is 2. The van der Waals surface area contributed by atoms with E-state index in [0.29, 0.717) is 18.0 Å². The van der Waals surface area contributed by atoms with E-state index >= 15 is 0 Å². The Morgan fingerprint density at radius 3 is 2.77 bits per heavy atom. The van der Waals surface area contributed by atoms with Crippen molar-refractivity contribution >= 4 is 22.9 Å². The van der Waals surface area contributed by atoms with E-state index in [0.717, 1.165) is 12.1 Å². The smallest absolute Gasteiger partial charge is 0.244 e. The van der Waals surface area contributed by atoms with Gasteiger partial charge >= 0.3 is 0 Å². The third kappa shape index (κ3) is 4.06. The standard InChI is InChI=1S/C21H22N2O3/c1-25-18-8-9-20(26-2)17(15-18)7-10-21(24)22-12-14-23-13-11-16-5-3-4-6-19(16)23/h3-11,13,15H,12,14H2,1-2H3,(H,22,24)/b10-7+. The van der Waals surface area contributed by atoms with E-state index in [1.54, 1.807) is 20.3 Å². The molecule has 1 amide bonds. The molecule has 1 N–H and O–H groups in total. The fraction of sp³-hybridized carbons (Fsp3) is 0.190. The molecule has 2 aromatic carbocycles. The van der Waals surface area contributed by atoms with E-state index < -0.39 is 0 Å². The summed E-state index contributed by atoms with van der Waals surface area (Å²) >= 11 is 0. The van der Waals surface area contributed by atoms with Gasteiger partial charge < -0.3 is 19.4 Å². The lowest BCUT2D eigenvalue weighted by molar-refractivity contribution is -0.116. The molecule has 0 unspecified atom stereocenters. The molecule has 3 rings (SSSR count). The van der Waals surface area contributed by atoms with Crippen LogP contribution in [0.3, 0.4) is 0 Å². The van der Waals surface area contributed by atoms with Crippen LogP contribution in [0.4, 0.5) is 0 Å². The summed E-state index contributed by atoms with van der Waals surface area (Å²) < 4.78 is 12.6. The number of carbonyl (C=O) groups is 1. The Hall–Kier alpha value is -3.21. The Bertz CT molecular complexity index is 928. The number of rotatable bonds is 7. The van der Waals surface area contributed by atoms with Crippen LogP contribution < -0.4 is 14.8 Å². The predicted molar refractivity (Wildman–Crippen MR) is 104 cm³/mol. The second-order valence-electron chi connectivity index (χ2n) is 5.80. The molecule has 0 aliphatic rings. The van der Waals surface area contributed by atoms with E-state index in [9.17, 15) is 4.79 Å². The molecular formula is C21H22N2O3. The highest BCUT2D eigenvalue weighted by Gasteiger charge is 2.04. The highest BCUT2D eigenvalue weighted by Crippen LogP contribution is 2.25. The number of ether oxygens (including phenoxy) is 2. The minimum Gasteiger partial charge on any atom is -0.497 e. The van der Waals surface area contributed by atoms with Gasteiger partial charge in [-0.15, -0.1) is 0 Å². The van der Waals surface area contributed by atoms with Crippen LogP contribution in [0.25, 0.3) is 17.0 Å². The second-order valence-corrected chi connectivity index (χ2v) is 5.80. The topological polar surface area (TPSA) is 52.5 Å². The highest BCUT2D eigenvalue weighted by atomic mass is 16.5. The van der Waals surface area contributed by atoms with Crippen molar-refractivity contribution in [3.8, 4) is 11.5 Å². The molecule has 134 valence electrons. The molecule has 0 saturated heterocycles. The monoisotopic (exact) mass is 350 g/mol. The van der Waals surface area contributed by atoms with Gasteiger partial charge in [0.15, 0.2) is 0 Å². The molecule has 5 nitrogen and oxygen atoms in total. The van der Waals surface area contributed by atoms with Crippen molar-refractivity contribution in [2.24, 2.45) is 0 Å². The second kappa shape index (κ2) is 8.25. The number of para-hydroxylation sites is 1. The van der Waals surface area contributed by atoms with E-state index in [2.05, 4.69) is 28.1 Å². The molecule has 1 heterocycles. The molecule has 0 radical (unpaired) electrons. The minimum absolute atomic E-state index is 0.147. The maximum absolute atomic E-state index is 12.1. The van der Waals surface area contributed by atoms with Crippen LogP contribution in [0, 0.1) is 0 Å². The number of amides is 1. The van der Waals surface area contributed by atoms with Gasteiger partial charge in [-0.05, 0) is 41.8 Å². The van der Waals surface area contributed by atoms with Crippen molar-refractivity contribution in [3.63, 3.8) is 0 Å². The van der Waals surface area contributed by atoms with Gasteiger partial charge in [-0.1, -0.05) is 18.2 Å². The maximum atomic E-state index is 12.1. The first-order valence-electron chi connectivity index (χ1n) is 8.43. The number of carbonyl (C=O) groups excluding carboxylic acids is 1. The van der Waals surface area contributed by atoms with Crippen molar-refractivity contribution in [2.45, 2.75) is 6.54 Å². The predicted octanol–water partition coefficient (Wildman–Crippen LogP) is 3.49. The van der Waals surface area contributed by atoms with Crippen LogP contribution in [0.15, 0.2) is 60.8 Å². The fourth-order valence-electron chi connectivity index (χ4n) is 2.83. The third-order valence-electron chi connectivity index (χ3n) is 4.18. The number of methoxy groups -OCH3 is 2. The van der Waals surface area contributed by atoms with Crippen LogP contribution in [0.2, 0.25) is 0 Å². The van der Waals surface area contributed by atoms with E-state index in [1.807, 2.05) is 36.5 Å². The fourth-order valence-corrected chi connectivity index (χ4v) is 2.83. The van der Waals surface area contributed by atoms with Crippen molar-refractivity contribution in [1.82, 2.24) is 9.88 Å². The van der Waals surface area contributed by atoms with Crippen LogP contribution >= 0.6 is 0 Å². The largest absolute Gasteiger partial charge is 0.497 e. The minimum atomic E-state index is -0.147. The van der Waals surface area contributed by atoms with Crippen molar-refractivity contribution in [1.29, 1.82) is 0 Å². The highest BCUT2D eigenvalue weighted by molar-refractivity contribution is 5.92. The quantitative estimate of drug-likeness (QED) is 0.664. The molecule has 0 bridgehead atoms. The van der Waals surface area contributed by atoms with Crippen LogP contribution in [-0.4, -0.2) is 31.2 Å². The summed E-state index contributed by atoms with van der Waals surface area (Å²) in [5.74, 6) is 1.25. The van der Waals surface area contributed by atoms with Gasteiger partial charge in [0.1, 0.15) is 11.5 Å². The summed E-state index contributed by atoms with van der Waals surface area (Å²) in [6.07, 6.45) is 5.26. The lowest BCUT2D eigenvalue weighted by Crippen LogP contribution is -2.25. The van der Waals surface area contributed by atoms with Crippen LogP contribution in [0.5, 0.6) is 11.5 Å². The van der Waals surface area contributed by atoms with Gasteiger partial charge in [0, 0.05) is 36.4 Å². The number of fused-ring (bicyclic) bond motifs is 1. The number of aromatic nitrogens is 1. The van der Waals surface area contributed by atoms with Gasteiger partial charge in [-0.2, -0.15) is 0 Å². The Labute approximate surface area is 152 Å². The molecule has 0 atom stereocenters. The zero-order valence-corrected chi connectivity index (χ0v) is 14.9. The van der Waals surface area contributed by atoms with Crippen molar-refractivity contribution in [2.75, 3.05) is 20.8 Å². The number of hydrogen-bond donors (Lipinski definition) is 1. The summed E-state index contributed by atoms with van der Waals surface area (Å²) in [6.45, 7) is 1.27. The lowest BCUT2D eigenvalue weighted by Gasteiger charge is -2.08. The number of nitrogens with zero attached hydrogens (tertiary/aromatic N) is 1. The summed E-state index contributed by atoms with van der Waals surface area (Å²) in [6, 6.07) is 15.7. The molecule has 5 heteroatoms. The van der Waals surface area contributed by atoms with E-state index in [4.69, 9.17) is 9.47 Å². The Morgan fingerprint density at radius 1 is 1.12 bits per heavy atom. The summed E-state index contributed by atoms with van der Waals surface area (Å²) in [5, 5.41) is 4.10. The zero-order chi connectivity index (χ0) is 18.4. The molecule has 0 saturated carbocycles. The Morgan fingerprint density at radius 2 is 1.96 bits per heavy atom. The zero-order valence-electron chi connectivity index (χ0n) is 14.9. The molecule has 1 aromatic heterocycles. The molecule has 0 fully saturated rings. The van der Waals surface area contributed by atoms with Crippen LogP contribution in [0.1, 0.15) is 5.56 Å². The lowest BCUT2D eigenvalue weighted by atomic mass is 10.1. The first-order valence-corrected chi connectivity index (χ1v) is 8.43. The summed E-state index contributed by atoms with van der Waals surface area (Å²) in [7, 11) is 3.20. The summed E-state index contributed by atoms with van der Waals surface area (Å²) in [5.41, 5.74) is 1.96. The summed E-state index contributed by atoms with van der Waals surface area (Å²) in [4.78, 5) is 12.1. The van der Waals surface area contributed by atoms with E-state index in [-0.39, 0.29) is 5.91 Å². The van der Waals surface area contributed by atoms with E-state index in [1.165, 1.54) is 17.0 Å². The average Bonchev–Trinajstić information content (AvgIpc) is 3.09. The van der Waals surface area contributed by atoms with Gasteiger partial charge in [0.05, 0.1) is 14.2 Å². The third-order valence-corrected chi connectivity index (χ3v) is 4.18. The van der Waals surface area contributed by atoms with Gasteiger partial charge in [-0.25, -0.2) is 0 Å². The number of nitrogens with one attached hydrogen (secondary N) is 1. The number of hydrogen-bond acceptors (Lipinski definition) is 3. The SMILES string of the molecule is COc1ccc(OC)c(/C=C/C(=O)NCCn2ccc3ccccc32)c1. The van der Waals surface area contributed by atoms with Crippen LogP contribution in [-0.2, 0) is 11.3 Å². The molecule has 3 aromatic rings. The molecular weight excluding hydrogens is 328 g/mol. The van der Waals surface area contributed by atoms with Crippen molar-refractivity contribution in [3.05, 3.63) is 66.4 Å². The normalized spacial score (nSPS) is 11.0. The van der Waals surface area contributed by atoms with Gasteiger partial charge in [0.2, 0.25) is 5.91 Å².